The van der Waals surface area contributed by atoms with E-state index in [0.29, 0.717) is 0 Å². The first-order valence-corrected chi connectivity index (χ1v) is 3.41. The molecule has 0 bridgehead atoms. The highest BCUT2D eigenvalue weighted by molar-refractivity contribution is 4.91. The van der Waals surface area contributed by atoms with Crippen LogP contribution in [0.5, 0.6) is 0 Å². The molecule has 0 aromatic rings. The second kappa shape index (κ2) is 1.96. The van der Waals surface area contributed by atoms with Crippen molar-refractivity contribution in [2.75, 3.05) is 0 Å². The zero-order valence-electron chi connectivity index (χ0n) is 5.96. The monoisotopic (exact) mass is 130 g/mol. The van der Waals surface area contributed by atoms with Gasteiger partial charge in [-0.05, 0) is 12.8 Å². The SMILES string of the molecule is CC1(C)C(O)CCC1O. The molecule has 1 saturated carbocycles. The summed E-state index contributed by atoms with van der Waals surface area (Å²) >= 11 is 0. The van der Waals surface area contributed by atoms with E-state index in [1.807, 2.05) is 13.8 Å². The molecule has 0 aromatic heterocycles. The first-order valence-electron chi connectivity index (χ1n) is 3.41. The molecule has 0 saturated heterocycles. The zero-order valence-corrected chi connectivity index (χ0v) is 5.96. The highest BCUT2D eigenvalue weighted by atomic mass is 16.3. The van der Waals surface area contributed by atoms with Gasteiger partial charge in [0.15, 0.2) is 0 Å². The molecule has 0 aliphatic heterocycles. The summed E-state index contributed by atoms with van der Waals surface area (Å²) in [6.45, 7) is 3.80. The third kappa shape index (κ3) is 0.970. The molecule has 1 aliphatic rings. The molecule has 0 spiro atoms. The minimum atomic E-state index is -0.313. The first kappa shape index (κ1) is 7.03. The van der Waals surface area contributed by atoms with Gasteiger partial charge in [0.25, 0.3) is 0 Å². The van der Waals surface area contributed by atoms with Crippen molar-refractivity contribution in [2.45, 2.75) is 38.9 Å². The van der Waals surface area contributed by atoms with Crippen LogP contribution in [0, 0.1) is 5.41 Å². The third-order valence-electron chi connectivity index (χ3n) is 2.43. The molecule has 1 rings (SSSR count). The number of rotatable bonds is 0. The minimum Gasteiger partial charge on any atom is -0.392 e. The summed E-state index contributed by atoms with van der Waals surface area (Å²) < 4.78 is 0. The molecular formula is C7H14O2. The standard InChI is InChI=1S/C7H14O2/c1-7(2)5(8)3-4-6(7)9/h5-6,8-9H,3-4H2,1-2H3. The molecule has 54 valence electrons. The lowest BCUT2D eigenvalue weighted by atomic mass is 9.87. The Balaban J connectivity index is 2.66. The maximum absolute atomic E-state index is 9.27. The summed E-state index contributed by atoms with van der Waals surface area (Å²) in [5.41, 5.74) is -0.278. The van der Waals surface area contributed by atoms with Crippen molar-refractivity contribution in [1.82, 2.24) is 0 Å². The van der Waals surface area contributed by atoms with Gasteiger partial charge in [-0.3, -0.25) is 0 Å². The lowest BCUT2D eigenvalue weighted by Gasteiger charge is -2.25. The first-order chi connectivity index (χ1) is 4.05. The Morgan fingerprint density at radius 1 is 1.11 bits per heavy atom. The topological polar surface area (TPSA) is 40.5 Å². The summed E-state index contributed by atoms with van der Waals surface area (Å²) in [4.78, 5) is 0. The van der Waals surface area contributed by atoms with Gasteiger partial charge < -0.3 is 10.2 Å². The summed E-state index contributed by atoms with van der Waals surface area (Å²) in [6, 6.07) is 0. The van der Waals surface area contributed by atoms with Crippen LogP contribution in [0.1, 0.15) is 26.7 Å². The molecule has 0 aromatic carbocycles. The lowest BCUT2D eigenvalue weighted by molar-refractivity contribution is 0.00322. The van der Waals surface area contributed by atoms with Crippen LogP contribution in [-0.2, 0) is 0 Å². The van der Waals surface area contributed by atoms with E-state index >= 15 is 0 Å². The van der Waals surface area contributed by atoms with Gasteiger partial charge in [0, 0.05) is 5.41 Å². The Bertz CT molecular complexity index is 97.5. The van der Waals surface area contributed by atoms with E-state index in [0.717, 1.165) is 12.8 Å². The predicted molar refractivity (Wildman–Crippen MR) is 35.0 cm³/mol. The van der Waals surface area contributed by atoms with Crippen LogP contribution in [0.4, 0.5) is 0 Å². The smallest absolute Gasteiger partial charge is 0.0616 e. The number of aliphatic hydroxyl groups is 2. The highest BCUT2D eigenvalue weighted by Gasteiger charge is 2.40. The van der Waals surface area contributed by atoms with Crippen molar-refractivity contribution in [2.24, 2.45) is 5.41 Å². The molecule has 2 heteroatoms. The molecule has 2 nitrogen and oxygen atoms in total. The Morgan fingerprint density at radius 2 is 1.44 bits per heavy atom. The molecule has 1 aliphatic carbocycles. The normalized spacial score (nSPS) is 41.3. The van der Waals surface area contributed by atoms with E-state index in [4.69, 9.17) is 0 Å². The number of aliphatic hydroxyl groups excluding tert-OH is 2. The second-order valence-corrected chi connectivity index (χ2v) is 3.43. The molecule has 0 amide bonds. The van der Waals surface area contributed by atoms with Crippen molar-refractivity contribution in [3.05, 3.63) is 0 Å². The number of hydrogen-bond acceptors (Lipinski definition) is 2. The predicted octanol–water partition coefficient (Wildman–Crippen LogP) is 0.528. The van der Waals surface area contributed by atoms with Gasteiger partial charge in [-0.2, -0.15) is 0 Å². The summed E-state index contributed by atoms with van der Waals surface area (Å²) in [6.07, 6.45) is 0.863. The van der Waals surface area contributed by atoms with Gasteiger partial charge in [-0.15, -0.1) is 0 Å². The van der Waals surface area contributed by atoms with Crippen LogP contribution in [0.3, 0.4) is 0 Å². The largest absolute Gasteiger partial charge is 0.392 e. The summed E-state index contributed by atoms with van der Waals surface area (Å²) in [5, 5.41) is 18.5. The van der Waals surface area contributed by atoms with Gasteiger partial charge in [-0.25, -0.2) is 0 Å². The molecule has 2 unspecified atom stereocenters. The van der Waals surface area contributed by atoms with E-state index in [1.165, 1.54) is 0 Å². The molecule has 0 heterocycles. The Labute approximate surface area is 55.5 Å². The molecular weight excluding hydrogens is 116 g/mol. The van der Waals surface area contributed by atoms with Gasteiger partial charge in [-0.1, -0.05) is 13.8 Å². The quantitative estimate of drug-likeness (QED) is 0.502. The fourth-order valence-electron chi connectivity index (χ4n) is 1.28. The van der Waals surface area contributed by atoms with Crippen LogP contribution in [0.15, 0.2) is 0 Å². The molecule has 1 fully saturated rings. The average Bonchev–Trinajstić information content (AvgIpc) is 1.96. The molecule has 9 heavy (non-hydrogen) atoms. The van der Waals surface area contributed by atoms with Gasteiger partial charge in [0.05, 0.1) is 12.2 Å². The lowest BCUT2D eigenvalue weighted by Crippen LogP contribution is -2.32. The van der Waals surface area contributed by atoms with E-state index in [9.17, 15) is 10.2 Å². The highest BCUT2D eigenvalue weighted by Crippen LogP contribution is 2.37. The second-order valence-electron chi connectivity index (χ2n) is 3.43. The number of hydrogen-bond donors (Lipinski definition) is 2. The van der Waals surface area contributed by atoms with Crippen LogP contribution in [0.25, 0.3) is 0 Å². The maximum atomic E-state index is 9.27. The average molecular weight is 130 g/mol. The Morgan fingerprint density at radius 3 is 1.56 bits per heavy atom. The maximum Gasteiger partial charge on any atom is 0.0616 e. The third-order valence-corrected chi connectivity index (χ3v) is 2.43. The van der Waals surface area contributed by atoms with E-state index < -0.39 is 0 Å². The Kier molecular flexibility index (Phi) is 1.53. The van der Waals surface area contributed by atoms with E-state index in [-0.39, 0.29) is 17.6 Å². The summed E-state index contributed by atoms with van der Waals surface area (Å²) in [5.74, 6) is 0. The fourth-order valence-corrected chi connectivity index (χ4v) is 1.28. The van der Waals surface area contributed by atoms with Crippen molar-refractivity contribution in [3.63, 3.8) is 0 Å². The summed E-state index contributed by atoms with van der Waals surface area (Å²) in [7, 11) is 0. The molecule has 2 atom stereocenters. The van der Waals surface area contributed by atoms with Crippen LogP contribution < -0.4 is 0 Å². The zero-order chi connectivity index (χ0) is 7.07. The molecule has 0 radical (unpaired) electrons. The van der Waals surface area contributed by atoms with Crippen molar-refractivity contribution in [1.29, 1.82) is 0 Å². The van der Waals surface area contributed by atoms with Crippen molar-refractivity contribution >= 4 is 0 Å². The molecule has 2 N–H and O–H groups in total. The van der Waals surface area contributed by atoms with Gasteiger partial charge >= 0.3 is 0 Å². The van der Waals surface area contributed by atoms with E-state index in [1.54, 1.807) is 0 Å². The van der Waals surface area contributed by atoms with E-state index in [2.05, 4.69) is 0 Å². The Hall–Kier alpha value is -0.0800. The van der Waals surface area contributed by atoms with Crippen LogP contribution in [-0.4, -0.2) is 22.4 Å². The van der Waals surface area contributed by atoms with Crippen molar-refractivity contribution in [3.8, 4) is 0 Å². The van der Waals surface area contributed by atoms with Crippen molar-refractivity contribution < 1.29 is 10.2 Å². The minimum absolute atomic E-state index is 0.278. The fraction of sp³-hybridized carbons (Fsp3) is 1.00. The van der Waals surface area contributed by atoms with Crippen LogP contribution >= 0.6 is 0 Å². The van der Waals surface area contributed by atoms with Gasteiger partial charge in [0.2, 0.25) is 0 Å². The van der Waals surface area contributed by atoms with Crippen LogP contribution in [0.2, 0.25) is 0 Å². The van der Waals surface area contributed by atoms with Gasteiger partial charge in [0.1, 0.15) is 0 Å².